The number of carbonyl (C=O) groups excluding carboxylic acids is 2. The lowest BCUT2D eigenvalue weighted by molar-refractivity contribution is -0.136. The molecular weight excluding hydrogens is 316 g/mol. The van der Waals surface area contributed by atoms with E-state index < -0.39 is 0 Å². The summed E-state index contributed by atoms with van der Waals surface area (Å²) >= 11 is 0. The molecule has 1 N–H and O–H groups in total. The first-order valence-corrected chi connectivity index (χ1v) is 9.35. The minimum absolute atomic E-state index is 0.0100. The zero-order chi connectivity index (χ0) is 17.8. The van der Waals surface area contributed by atoms with E-state index in [9.17, 15) is 9.59 Å². The molecular formula is C20H28N2O3. The molecule has 25 heavy (non-hydrogen) atoms. The number of nitrogens with one attached hydrogen (secondary N) is 1. The molecule has 5 nitrogen and oxygen atoms in total. The zero-order valence-corrected chi connectivity index (χ0v) is 15.2. The third kappa shape index (κ3) is 4.97. The van der Waals surface area contributed by atoms with Gasteiger partial charge in [-0.05, 0) is 49.9 Å². The van der Waals surface area contributed by atoms with Crippen molar-refractivity contribution in [3.8, 4) is 5.75 Å². The third-order valence-electron chi connectivity index (χ3n) is 4.84. The van der Waals surface area contributed by atoms with Crippen LogP contribution in [0, 0.1) is 11.8 Å². The Balaban J connectivity index is 1.47. The highest BCUT2D eigenvalue weighted by atomic mass is 16.5. The summed E-state index contributed by atoms with van der Waals surface area (Å²) in [5.74, 6) is 1.42. The van der Waals surface area contributed by atoms with Crippen LogP contribution in [0.5, 0.6) is 5.75 Å². The molecule has 3 rings (SSSR count). The summed E-state index contributed by atoms with van der Waals surface area (Å²) in [5, 5.41) is 2.98. The lowest BCUT2D eigenvalue weighted by Gasteiger charge is -2.33. The smallest absolute Gasteiger partial charge is 0.251 e. The van der Waals surface area contributed by atoms with E-state index in [1.807, 2.05) is 43.0 Å². The lowest BCUT2D eigenvalue weighted by Crippen LogP contribution is -2.43. The molecule has 1 aliphatic heterocycles. The average molecular weight is 344 g/mol. The zero-order valence-electron chi connectivity index (χ0n) is 15.2. The summed E-state index contributed by atoms with van der Waals surface area (Å²) in [6.45, 7) is 6.14. The van der Waals surface area contributed by atoms with E-state index in [0.29, 0.717) is 24.1 Å². The molecule has 2 fully saturated rings. The van der Waals surface area contributed by atoms with Crippen LogP contribution in [0.2, 0.25) is 0 Å². The van der Waals surface area contributed by atoms with Crippen molar-refractivity contribution in [1.29, 1.82) is 0 Å². The Kier molecular flexibility index (Phi) is 5.61. The molecule has 1 saturated heterocycles. The fraction of sp³-hybridized carbons (Fsp3) is 0.600. The summed E-state index contributed by atoms with van der Waals surface area (Å²) in [6, 6.07) is 7.68. The van der Waals surface area contributed by atoms with Gasteiger partial charge in [0.1, 0.15) is 5.75 Å². The predicted octanol–water partition coefficient (Wildman–Crippen LogP) is 2.85. The number of hydrogen-bond acceptors (Lipinski definition) is 3. The maximum absolute atomic E-state index is 12.1. The molecule has 1 aromatic rings. The van der Waals surface area contributed by atoms with Gasteiger partial charge in [0.2, 0.25) is 5.91 Å². The molecule has 0 aromatic heterocycles. The average Bonchev–Trinajstić information content (AvgIpc) is 3.44. The van der Waals surface area contributed by atoms with Crippen LogP contribution >= 0.6 is 0 Å². The number of ether oxygens (including phenoxy) is 1. The minimum atomic E-state index is -0.0100. The summed E-state index contributed by atoms with van der Waals surface area (Å²) in [7, 11) is 0. The molecule has 2 amide bonds. The van der Waals surface area contributed by atoms with Gasteiger partial charge in [0.05, 0.1) is 6.61 Å². The summed E-state index contributed by atoms with van der Waals surface area (Å²) in [4.78, 5) is 26.1. The van der Waals surface area contributed by atoms with Crippen LogP contribution in [-0.2, 0) is 4.79 Å². The molecule has 1 aromatic carbocycles. The number of benzene rings is 1. The second-order valence-corrected chi connectivity index (χ2v) is 7.53. The SMILES string of the molecule is CC(C)C(=O)N1CCC[C@H](COc2ccc(C(=O)NC3CC3)cc2)C1. The molecule has 136 valence electrons. The number of likely N-dealkylation sites (tertiary alicyclic amines) is 1. The van der Waals surface area contributed by atoms with Crippen molar-refractivity contribution < 1.29 is 14.3 Å². The Labute approximate surface area is 149 Å². The molecule has 5 heteroatoms. The highest BCUT2D eigenvalue weighted by Crippen LogP contribution is 2.22. The van der Waals surface area contributed by atoms with Crippen molar-refractivity contribution in [2.45, 2.75) is 45.6 Å². The van der Waals surface area contributed by atoms with Crippen LogP contribution in [-0.4, -0.2) is 42.5 Å². The van der Waals surface area contributed by atoms with Crippen LogP contribution in [0.1, 0.15) is 49.9 Å². The molecule has 2 aliphatic rings. The molecule has 1 saturated carbocycles. The van der Waals surface area contributed by atoms with Gasteiger partial charge < -0.3 is 15.0 Å². The van der Waals surface area contributed by atoms with Crippen molar-refractivity contribution >= 4 is 11.8 Å². The normalized spacial score (nSPS) is 20.4. The summed E-state index contributed by atoms with van der Waals surface area (Å²) in [5.41, 5.74) is 0.672. The van der Waals surface area contributed by atoms with Gasteiger partial charge in [-0.1, -0.05) is 13.8 Å². The van der Waals surface area contributed by atoms with Gasteiger partial charge in [-0.15, -0.1) is 0 Å². The Morgan fingerprint density at radius 1 is 1.20 bits per heavy atom. The quantitative estimate of drug-likeness (QED) is 0.863. The number of hydrogen-bond donors (Lipinski definition) is 1. The second-order valence-electron chi connectivity index (χ2n) is 7.53. The first-order valence-electron chi connectivity index (χ1n) is 9.35. The monoisotopic (exact) mass is 344 g/mol. The van der Waals surface area contributed by atoms with Gasteiger partial charge in [-0.3, -0.25) is 9.59 Å². The van der Waals surface area contributed by atoms with E-state index in [1.165, 1.54) is 0 Å². The maximum atomic E-state index is 12.1. The lowest BCUT2D eigenvalue weighted by atomic mass is 9.98. The van der Waals surface area contributed by atoms with Gasteiger partial charge in [0.15, 0.2) is 0 Å². The van der Waals surface area contributed by atoms with E-state index in [4.69, 9.17) is 4.74 Å². The van der Waals surface area contributed by atoms with E-state index in [-0.39, 0.29) is 17.7 Å². The van der Waals surface area contributed by atoms with Crippen molar-refractivity contribution in [3.05, 3.63) is 29.8 Å². The molecule has 1 heterocycles. The van der Waals surface area contributed by atoms with E-state index >= 15 is 0 Å². The number of carbonyl (C=O) groups is 2. The molecule has 0 radical (unpaired) electrons. The van der Waals surface area contributed by atoms with Crippen LogP contribution < -0.4 is 10.1 Å². The van der Waals surface area contributed by atoms with Crippen LogP contribution in [0.25, 0.3) is 0 Å². The maximum Gasteiger partial charge on any atom is 0.251 e. The number of nitrogens with zero attached hydrogens (tertiary/aromatic N) is 1. The van der Waals surface area contributed by atoms with Crippen LogP contribution in [0.3, 0.4) is 0 Å². The van der Waals surface area contributed by atoms with Crippen molar-refractivity contribution in [3.63, 3.8) is 0 Å². The Morgan fingerprint density at radius 3 is 2.56 bits per heavy atom. The predicted molar refractivity (Wildman–Crippen MR) is 96.6 cm³/mol. The largest absolute Gasteiger partial charge is 0.493 e. The van der Waals surface area contributed by atoms with E-state index in [2.05, 4.69) is 5.32 Å². The van der Waals surface area contributed by atoms with Crippen molar-refractivity contribution in [2.24, 2.45) is 11.8 Å². The van der Waals surface area contributed by atoms with Gasteiger partial charge in [0, 0.05) is 36.5 Å². The van der Waals surface area contributed by atoms with Crippen molar-refractivity contribution in [2.75, 3.05) is 19.7 Å². The molecule has 1 aliphatic carbocycles. The minimum Gasteiger partial charge on any atom is -0.493 e. The molecule has 0 unspecified atom stereocenters. The Hall–Kier alpha value is -2.04. The van der Waals surface area contributed by atoms with Gasteiger partial charge in [-0.2, -0.15) is 0 Å². The fourth-order valence-electron chi connectivity index (χ4n) is 3.18. The third-order valence-corrected chi connectivity index (χ3v) is 4.84. The summed E-state index contributed by atoms with van der Waals surface area (Å²) < 4.78 is 5.89. The Morgan fingerprint density at radius 2 is 1.92 bits per heavy atom. The fourth-order valence-corrected chi connectivity index (χ4v) is 3.18. The highest BCUT2D eigenvalue weighted by molar-refractivity contribution is 5.94. The Bertz CT molecular complexity index is 608. The number of amides is 2. The van der Waals surface area contributed by atoms with Gasteiger partial charge in [0.25, 0.3) is 5.91 Å². The van der Waals surface area contributed by atoms with E-state index in [1.54, 1.807) is 0 Å². The summed E-state index contributed by atoms with van der Waals surface area (Å²) in [6.07, 6.45) is 4.30. The van der Waals surface area contributed by atoms with Gasteiger partial charge >= 0.3 is 0 Å². The number of rotatable bonds is 6. The molecule has 0 spiro atoms. The van der Waals surface area contributed by atoms with Crippen molar-refractivity contribution in [1.82, 2.24) is 10.2 Å². The highest BCUT2D eigenvalue weighted by Gasteiger charge is 2.26. The van der Waals surface area contributed by atoms with Crippen LogP contribution in [0.15, 0.2) is 24.3 Å². The van der Waals surface area contributed by atoms with Crippen LogP contribution in [0.4, 0.5) is 0 Å². The first kappa shape index (κ1) is 17.8. The number of piperidine rings is 1. The molecule has 1 atom stereocenters. The van der Waals surface area contributed by atoms with E-state index in [0.717, 1.165) is 44.5 Å². The standard InChI is InChI=1S/C20H28N2O3/c1-14(2)20(24)22-11-3-4-15(12-22)13-25-18-9-5-16(6-10-18)19(23)21-17-7-8-17/h5-6,9-10,14-15,17H,3-4,7-8,11-13H2,1-2H3,(H,21,23)/t15-/m0/s1. The molecule has 0 bridgehead atoms. The topological polar surface area (TPSA) is 58.6 Å². The first-order chi connectivity index (χ1) is 12.0. The van der Waals surface area contributed by atoms with Gasteiger partial charge in [-0.25, -0.2) is 0 Å². The second kappa shape index (κ2) is 7.89.